The Labute approximate surface area is 158 Å². The van der Waals surface area contributed by atoms with Crippen molar-refractivity contribution in [2.45, 2.75) is 57.4 Å². The highest BCUT2D eigenvalue weighted by atomic mass is 16.1. The highest BCUT2D eigenvalue weighted by molar-refractivity contribution is 5.80. The Morgan fingerprint density at radius 2 is 1.77 bits per heavy atom. The van der Waals surface area contributed by atoms with Crippen molar-refractivity contribution in [2.75, 3.05) is 52.9 Å². The summed E-state index contributed by atoms with van der Waals surface area (Å²) >= 11 is 0. The van der Waals surface area contributed by atoms with Crippen LogP contribution in [0, 0.1) is 0 Å². The quantitative estimate of drug-likeness (QED) is 0.319. The molecule has 150 valence electrons. The first-order valence-electron chi connectivity index (χ1n) is 10.4. The van der Waals surface area contributed by atoms with E-state index in [9.17, 15) is 4.79 Å². The summed E-state index contributed by atoms with van der Waals surface area (Å²) in [6.07, 6.45) is 9.96. The van der Waals surface area contributed by atoms with Crippen molar-refractivity contribution in [3.8, 4) is 0 Å². The molecule has 2 fully saturated rings. The number of carbonyl (C=O) groups excluding carboxylic acids is 1. The highest BCUT2D eigenvalue weighted by Crippen LogP contribution is 2.10. The van der Waals surface area contributed by atoms with Gasteiger partial charge in [-0.2, -0.15) is 0 Å². The minimum Gasteiger partial charge on any atom is -0.369 e. The van der Waals surface area contributed by atoms with Crippen LogP contribution in [0.3, 0.4) is 0 Å². The fourth-order valence-electron chi connectivity index (χ4n) is 3.87. The minimum atomic E-state index is -0.242. The first-order valence-corrected chi connectivity index (χ1v) is 10.4. The van der Waals surface area contributed by atoms with Crippen LogP contribution < -0.4 is 16.4 Å². The topological polar surface area (TPSA) is 86.0 Å². The molecule has 2 rings (SSSR count). The van der Waals surface area contributed by atoms with E-state index in [0.717, 1.165) is 38.4 Å². The van der Waals surface area contributed by atoms with Crippen LogP contribution >= 0.6 is 0 Å². The number of carbonyl (C=O) groups is 1. The SMILES string of the molecule is CN=C(NCCCCCN1CCCCC1)NC1CCN(CC(N)=O)CC1. The first-order chi connectivity index (χ1) is 12.7. The van der Waals surface area contributed by atoms with Gasteiger partial charge < -0.3 is 21.3 Å². The van der Waals surface area contributed by atoms with E-state index < -0.39 is 0 Å². The number of unbranched alkanes of at least 4 members (excludes halogenated alkanes) is 2. The average Bonchev–Trinajstić information content (AvgIpc) is 2.65. The summed E-state index contributed by atoms with van der Waals surface area (Å²) in [6.45, 7) is 7.02. The van der Waals surface area contributed by atoms with Crippen LogP contribution in [-0.4, -0.2) is 80.6 Å². The summed E-state index contributed by atoms with van der Waals surface area (Å²) < 4.78 is 0. The Hall–Kier alpha value is -1.34. The third-order valence-electron chi connectivity index (χ3n) is 5.42. The second kappa shape index (κ2) is 12.1. The van der Waals surface area contributed by atoms with Gasteiger partial charge in [-0.15, -0.1) is 0 Å². The summed E-state index contributed by atoms with van der Waals surface area (Å²) in [5, 5.41) is 6.95. The smallest absolute Gasteiger partial charge is 0.231 e. The lowest BCUT2D eigenvalue weighted by Gasteiger charge is -2.32. The number of hydrogen-bond donors (Lipinski definition) is 3. The lowest BCUT2D eigenvalue weighted by Crippen LogP contribution is -2.49. The van der Waals surface area contributed by atoms with Gasteiger partial charge in [-0.05, 0) is 58.2 Å². The molecular weight excluding hydrogens is 328 g/mol. The van der Waals surface area contributed by atoms with E-state index in [2.05, 4.69) is 25.4 Å². The fourth-order valence-corrected chi connectivity index (χ4v) is 3.87. The molecule has 0 spiro atoms. The average molecular weight is 367 g/mol. The Bertz CT molecular complexity index is 428. The molecule has 0 bridgehead atoms. The van der Waals surface area contributed by atoms with E-state index in [-0.39, 0.29) is 5.91 Å². The van der Waals surface area contributed by atoms with Crippen LogP contribution in [0.4, 0.5) is 0 Å². The Balaban J connectivity index is 1.50. The van der Waals surface area contributed by atoms with E-state index >= 15 is 0 Å². The largest absolute Gasteiger partial charge is 0.369 e. The van der Waals surface area contributed by atoms with Crippen molar-refractivity contribution in [3.05, 3.63) is 0 Å². The van der Waals surface area contributed by atoms with Gasteiger partial charge in [0.2, 0.25) is 5.91 Å². The summed E-state index contributed by atoms with van der Waals surface area (Å²) in [6, 6.07) is 0.421. The normalized spacial score (nSPS) is 20.9. The number of primary amides is 1. The molecule has 7 heteroatoms. The second-order valence-electron chi connectivity index (χ2n) is 7.62. The van der Waals surface area contributed by atoms with Gasteiger partial charge in [0, 0.05) is 32.7 Å². The minimum absolute atomic E-state index is 0.242. The maximum atomic E-state index is 11.0. The molecule has 0 aromatic rings. The molecule has 0 atom stereocenters. The van der Waals surface area contributed by atoms with Crippen LogP contribution in [0.2, 0.25) is 0 Å². The summed E-state index contributed by atoms with van der Waals surface area (Å²) in [5.41, 5.74) is 5.26. The third kappa shape index (κ3) is 8.36. The van der Waals surface area contributed by atoms with Gasteiger partial charge in [0.25, 0.3) is 0 Å². The zero-order chi connectivity index (χ0) is 18.6. The molecule has 2 saturated heterocycles. The number of amides is 1. The van der Waals surface area contributed by atoms with Gasteiger partial charge in [0.05, 0.1) is 6.54 Å². The number of nitrogens with one attached hydrogen (secondary N) is 2. The summed E-state index contributed by atoms with van der Waals surface area (Å²) in [7, 11) is 1.83. The third-order valence-corrected chi connectivity index (χ3v) is 5.42. The van der Waals surface area contributed by atoms with Crippen molar-refractivity contribution >= 4 is 11.9 Å². The number of nitrogens with zero attached hydrogens (tertiary/aromatic N) is 3. The molecule has 26 heavy (non-hydrogen) atoms. The first kappa shape index (κ1) is 21.0. The van der Waals surface area contributed by atoms with Gasteiger partial charge >= 0.3 is 0 Å². The van der Waals surface area contributed by atoms with Gasteiger partial charge in [-0.3, -0.25) is 14.7 Å². The summed E-state index contributed by atoms with van der Waals surface area (Å²) in [5.74, 6) is 0.656. The molecule has 4 N–H and O–H groups in total. The van der Waals surface area contributed by atoms with E-state index in [1.807, 2.05) is 7.05 Å². The van der Waals surface area contributed by atoms with E-state index in [4.69, 9.17) is 5.73 Å². The molecule has 2 heterocycles. The number of hydrogen-bond acceptors (Lipinski definition) is 4. The molecule has 0 saturated carbocycles. The Kier molecular flexibility index (Phi) is 9.77. The maximum absolute atomic E-state index is 11.0. The predicted octanol–water partition coefficient (Wildman–Crippen LogP) is 0.757. The van der Waals surface area contributed by atoms with Crippen molar-refractivity contribution < 1.29 is 4.79 Å². The number of likely N-dealkylation sites (tertiary alicyclic amines) is 2. The standard InChI is InChI=1S/C19H38N6O/c1-21-19(23-17-8-14-25(15-9-17)16-18(20)26)22-10-4-2-5-11-24-12-6-3-7-13-24/h17H,2-16H2,1H3,(H2,20,26)(H2,21,22,23). The number of nitrogens with two attached hydrogens (primary N) is 1. The zero-order valence-electron chi connectivity index (χ0n) is 16.5. The number of guanidine groups is 1. The van der Waals surface area contributed by atoms with Crippen molar-refractivity contribution in [3.63, 3.8) is 0 Å². The Morgan fingerprint density at radius 3 is 2.42 bits per heavy atom. The van der Waals surface area contributed by atoms with Crippen LogP contribution in [0.25, 0.3) is 0 Å². The summed E-state index contributed by atoms with van der Waals surface area (Å²) in [4.78, 5) is 20.1. The van der Waals surface area contributed by atoms with Crippen molar-refractivity contribution in [2.24, 2.45) is 10.7 Å². The molecule has 2 aliphatic heterocycles. The molecule has 7 nitrogen and oxygen atoms in total. The lowest BCUT2D eigenvalue weighted by atomic mass is 10.1. The van der Waals surface area contributed by atoms with Crippen molar-refractivity contribution in [1.29, 1.82) is 0 Å². The van der Waals surface area contributed by atoms with Crippen LogP contribution in [-0.2, 0) is 4.79 Å². The van der Waals surface area contributed by atoms with E-state index in [0.29, 0.717) is 12.6 Å². The highest BCUT2D eigenvalue weighted by Gasteiger charge is 2.20. The van der Waals surface area contributed by atoms with Crippen LogP contribution in [0.5, 0.6) is 0 Å². The number of aliphatic imine (C=N–C) groups is 1. The molecule has 0 unspecified atom stereocenters. The molecule has 2 aliphatic rings. The van der Waals surface area contributed by atoms with E-state index in [1.165, 1.54) is 58.2 Å². The lowest BCUT2D eigenvalue weighted by molar-refractivity contribution is -0.119. The number of piperidine rings is 2. The Morgan fingerprint density at radius 1 is 1.04 bits per heavy atom. The van der Waals surface area contributed by atoms with Gasteiger partial charge in [0.1, 0.15) is 0 Å². The maximum Gasteiger partial charge on any atom is 0.231 e. The van der Waals surface area contributed by atoms with Gasteiger partial charge in [-0.25, -0.2) is 0 Å². The molecule has 0 radical (unpaired) electrons. The zero-order valence-corrected chi connectivity index (χ0v) is 16.5. The van der Waals surface area contributed by atoms with Gasteiger partial charge in [-0.1, -0.05) is 12.8 Å². The van der Waals surface area contributed by atoms with Crippen LogP contribution in [0.15, 0.2) is 4.99 Å². The monoisotopic (exact) mass is 366 g/mol. The molecule has 0 aromatic heterocycles. The predicted molar refractivity (Wildman–Crippen MR) is 107 cm³/mol. The second-order valence-corrected chi connectivity index (χ2v) is 7.62. The molecule has 0 aliphatic carbocycles. The fraction of sp³-hybridized carbons (Fsp3) is 0.895. The molecular formula is C19H38N6O. The molecule has 1 amide bonds. The van der Waals surface area contributed by atoms with Crippen molar-refractivity contribution in [1.82, 2.24) is 20.4 Å². The van der Waals surface area contributed by atoms with E-state index in [1.54, 1.807) is 0 Å². The van der Waals surface area contributed by atoms with Crippen LogP contribution in [0.1, 0.15) is 51.4 Å². The number of rotatable bonds is 9. The van der Waals surface area contributed by atoms with Gasteiger partial charge in [0.15, 0.2) is 5.96 Å². The molecule has 0 aromatic carbocycles.